The Balaban J connectivity index is 1.77. The zero-order valence-electron chi connectivity index (χ0n) is 10.2. The van der Waals surface area contributed by atoms with E-state index in [0.717, 1.165) is 5.92 Å². The van der Waals surface area contributed by atoms with Crippen LogP contribution in [0.4, 0.5) is 0 Å². The van der Waals surface area contributed by atoms with Crippen molar-refractivity contribution in [2.75, 3.05) is 6.54 Å². The van der Waals surface area contributed by atoms with Gasteiger partial charge in [-0.3, -0.25) is 4.79 Å². The van der Waals surface area contributed by atoms with Crippen molar-refractivity contribution in [1.29, 1.82) is 0 Å². The van der Waals surface area contributed by atoms with Crippen LogP contribution in [0.25, 0.3) is 0 Å². The molecular formula is C11H16N4O3. The first kappa shape index (κ1) is 12.5. The summed E-state index contributed by atoms with van der Waals surface area (Å²) in [6, 6.07) is 0. The molecular weight excluding hydrogens is 236 g/mol. The molecule has 1 atom stereocenters. The lowest BCUT2D eigenvalue weighted by molar-refractivity contribution is -0.122. The molecule has 1 aliphatic rings. The lowest BCUT2D eigenvalue weighted by Gasteiger charge is -2.10. The number of aromatic nitrogens is 3. The normalized spacial score (nSPS) is 16.3. The fourth-order valence-corrected chi connectivity index (χ4v) is 1.78. The average Bonchev–Trinajstić information content (AvgIpc) is 3.07. The fourth-order valence-electron chi connectivity index (χ4n) is 1.78. The van der Waals surface area contributed by atoms with Crippen LogP contribution in [0.2, 0.25) is 0 Å². The molecule has 1 aromatic rings. The van der Waals surface area contributed by atoms with Crippen LogP contribution >= 0.6 is 0 Å². The molecule has 0 bridgehead atoms. The van der Waals surface area contributed by atoms with Gasteiger partial charge in [0.25, 0.3) is 0 Å². The van der Waals surface area contributed by atoms with E-state index in [4.69, 9.17) is 5.11 Å². The van der Waals surface area contributed by atoms with Crippen molar-refractivity contribution in [2.45, 2.75) is 26.3 Å². The van der Waals surface area contributed by atoms with Crippen LogP contribution in [0.15, 0.2) is 6.20 Å². The van der Waals surface area contributed by atoms with Gasteiger partial charge in [-0.25, -0.2) is 9.48 Å². The van der Waals surface area contributed by atoms with E-state index in [0.29, 0.717) is 12.5 Å². The number of hydrogen-bond donors (Lipinski definition) is 2. The number of nitrogens with zero attached hydrogens (tertiary/aromatic N) is 3. The van der Waals surface area contributed by atoms with Crippen LogP contribution < -0.4 is 5.32 Å². The van der Waals surface area contributed by atoms with Gasteiger partial charge in [0.1, 0.15) is 6.54 Å². The summed E-state index contributed by atoms with van der Waals surface area (Å²) in [7, 11) is 0. The minimum absolute atomic E-state index is 0.00231. The number of nitrogens with one attached hydrogen (secondary N) is 1. The maximum absolute atomic E-state index is 11.6. The highest BCUT2D eigenvalue weighted by molar-refractivity contribution is 5.84. The molecule has 2 rings (SSSR count). The van der Waals surface area contributed by atoms with E-state index in [1.54, 1.807) is 0 Å². The van der Waals surface area contributed by atoms with Crippen LogP contribution in [0, 0.1) is 11.8 Å². The van der Waals surface area contributed by atoms with Gasteiger partial charge in [0.05, 0.1) is 6.20 Å². The Morgan fingerprint density at radius 2 is 2.33 bits per heavy atom. The van der Waals surface area contributed by atoms with Gasteiger partial charge < -0.3 is 10.4 Å². The molecule has 2 N–H and O–H groups in total. The molecule has 1 amide bonds. The smallest absolute Gasteiger partial charge is 0.358 e. The Labute approximate surface area is 104 Å². The fraction of sp³-hybridized carbons (Fsp3) is 0.636. The summed E-state index contributed by atoms with van der Waals surface area (Å²) in [5, 5.41) is 18.5. The molecule has 98 valence electrons. The number of carboxylic acids is 1. The maximum Gasteiger partial charge on any atom is 0.358 e. The van der Waals surface area contributed by atoms with Crippen molar-refractivity contribution < 1.29 is 14.7 Å². The summed E-state index contributed by atoms with van der Waals surface area (Å²) in [5.41, 5.74) is -0.158. The van der Waals surface area contributed by atoms with E-state index in [1.165, 1.54) is 23.7 Å². The predicted molar refractivity (Wildman–Crippen MR) is 61.9 cm³/mol. The number of hydrogen-bond acceptors (Lipinski definition) is 4. The first-order valence-corrected chi connectivity index (χ1v) is 5.96. The third-order valence-corrected chi connectivity index (χ3v) is 3.11. The molecule has 0 aliphatic heterocycles. The largest absolute Gasteiger partial charge is 0.476 e. The molecule has 0 saturated heterocycles. The lowest BCUT2D eigenvalue weighted by Crippen LogP contribution is -2.32. The maximum atomic E-state index is 11.6. The number of carbonyl (C=O) groups is 2. The number of carboxylic acid groups (broad SMARTS) is 1. The second kappa shape index (κ2) is 5.16. The molecule has 1 heterocycles. The van der Waals surface area contributed by atoms with E-state index >= 15 is 0 Å². The molecule has 7 heteroatoms. The van der Waals surface area contributed by atoms with Gasteiger partial charge in [-0.15, -0.1) is 5.10 Å². The van der Waals surface area contributed by atoms with Crippen LogP contribution in [-0.2, 0) is 11.3 Å². The number of aromatic carboxylic acids is 1. The quantitative estimate of drug-likeness (QED) is 0.750. The molecule has 1 aliphatic carbocycles. The summed E-state index contributed by atoms with van der Waals surface area (Å²) in [6.07, 6.45) is 3.75. The molecule has 1 unspecified atom stereocenters. The van der Waals surface area contributed by atoms with Gasteiger partial charge in [-0.1, -0.05) is 12.1 Å². The topological polar surface area (TPSA) is 97.1 Å². The molecule has 1 fully saturated rings. The Hall–Kier alpha value is -1.92. The van der Waals surface area contributed by atoms with Gasteiger partial charge in [0.2, 0.25) is 5.91 Å². The van der Waals surface area contributed by atoms with Gasteiger partial charge in [0.15, 0.2) is 5.69 Å². The van der Waals surface area contributed by atoms with Crippen molar-refractivity contribution in [2.24, 2.45) is 11.8 Å². The highest BCUT2D eigenvalue weighted by Gasteiger charge is 2.27. The van der Waals surface area contributed by atoms with E-state index in [9.17, 15) is 9.59 Å². The summed E-state index contributed by atoms with van der Waals surface area (Å²) in [5.74, 6) is -0.0806. The van der Waals surface area contributed by atoms with Crippen LogP contribution in [-0.4, -0.2) is 38.5 Å². The number of rotatable bonds is 6. The van der Waals surface area contributed by atoms with E-state index < -0.39 is 5.97 Å². The Kier molecular flexibility index (Phi) is 3.59. The number of carbonyl (C=O) groups excluding carboxylic acids is 1. The molecule has 1 saturated carbocycles. The van der Waals surface area contributed by atoms with E-state index in [2.05, 4.69) is 22.6 Å². The Bertz CT molecular complexity index is 453. The van der Waals surface area contributed by atoms with Crippen LogP contribution in [0.5, 0.6) is 0 Å². The van der Waals surface area contributed by atoms with Gasteiger partial charge in [-0.2, -0.15) is 0 Å². The Morgan fingerprint density at radius 3 is 2.89 bits per heavy atom. The lowest BCUT2D eigenvalue weighted by atomic mass is 10.1. The van der Waals surface area contributed by atoms with Crippen molar-refractivity contribution >= 4 is 11.9 Å². The Morgan fingerprint density at radius 1 is 1.61 bits per heavy atom. The van der Waals surface area contributed by atoms with Crippen molar-refractivity contribution in [1.82, 2.24) is 20.3 Å². The number of amides is 1. The zero-order chi connectivity index (χ0) is 13.1. The third-order valence-electron chi connectivity index (χ3n) is 3.11. The summed E-state index contributed by atoms with van der Waals surface area (Å²) in [4.78, 5) is 22.2. The minimum atomic E-state index is -1.15. The molecule has 1 aromatic heterocycles. The summed E-state index contributed by atoms with van der Waals surface area (Å²) in [6.45, 7) is 2.78. The standard InChI is InChI=1S/C11H16N4O3/c1-7(8-2-3-8)4-12-10(16)6-15-5-9(11(17)18)13-14-15/h5,7-8H,2-4,6H2,1H3,(H,12,16)(H,17,18). The van der Waals surface area contributed by atoms with Gasteiger partial charge in [-0.05, 0) is 24.7 Å². The van der Waals surface area contributed by atoms with Crippen molar-refractivity contribution in [3.8, 4) is 0 Å². The monoisotopic (exact) mass is 252 g/mol. The van der Waals surface area contributed by atoms with Crippen LogP contribution in [0.1, 0.15) is 30.3 Å². The van der Waals surface area contributed by atoms with Gasteiger partial charge >= 0.3 is 5.97 Å². The molecule has 18 heavy (non-hydrogen) atoms. The van der Waals surface area contributed by atoms with E-state index in [1.807, 2.05) is 0 Å². The highest BCUT2D eigenvalue weighted by Crippen LogP contribution is 2.35. The second-order valence-electron chi connectivity index (χ2n) is 4.73. The second-order valence-corrected chi connectivity index (χ2v) is 4.73. The minimum Gasteiger partial charge on any atom is -0.476 e. The van der Waals surface area contributed by atoms with Crippen molar-refractivity contribution in [3.63, 3.8) is 0 Å². The highest BCUT2D eigenvalue weighted by atomic mass is 16.4. The molecule has 0 spiro atoms. The molecule has 0 aromatic carbocycles. The van der Waals surface area contributed by atoms with E-state index in [-0.39, 0.29) is 18.1 Å². The van der Waals surface area contributed by atoms with Gasteiger partial charge in [0, 0.05) is 6.54 Å². The van der Waals surface area contributed by atoms with Crippen LogP contribution in [0.3, 0.4) is 0 Å². The average molecular weight is 252 g/mol. The zero-order valence-corrected chi connectivity index (χ0v) is 10.2. The SMILES string of the molecule is CC(CNC(=O)Cn1cc(C(=O)O)nn1)C1CC1. The summed E-state index contributed by atoms with van der Waals surface area (Å²) >= 11 is 0. The molecule has 0 radical (unpaired) electrons. The predicted octanol–water partition coefficient (Wildman–Crippen LogP) is 0.139. The van der Waals surface area contributed by atoms with Crippen molar-refractivity contribution in [3.05, 3.63) is 11.9 Å². The first-order valence-electron chi connectivity index (χ1n) is 5.96. The molecule has 7 nitrogen and oxygen atoms in total. The third kappa shape index (κ3) is 3.28. The summed E-state index contributed by atoms with van der Waals surface area (Å²) < 4.78 is 1.22. The first-order chi connectivity index (χ1) is 8.56.